The van der Waals surface area contributed by atoms with Crippen molar-refractivity contribution < 1.29 is 21.6 Å². The van der Waals surface area contributed by atoms with Gasteiger partial charge in [-0.25, -0.2) is 26.1 Å². The molecule has 4 rings (SSSR count). The molecule has 1 atom stereocenters. The molecule has 0 aromatic carbocycles. The van der Waals surface area contributed by atoms with Crippen molar-refractivity contribution in [2.24, 2.45) is 11.8 Å². The summed E-state index contributed by atoms with van der Waals surface area (Å²) in [4.78, 5) is 22.1. The Morgan fingerprint density at radius 2 is 1.95 bits per heavy atom. The molecule has 12 heteroatoms. The van der Waals surface area contributed by atoms with E-state index < -0.39 is 25.1 Å². The number of rotatable bonds is 9. The van der Waals surface area contributed by atoms with Crippen LogP contribution in [0.3, 0.4) is 0 Å². The molecular weight excluding hydrogens is 548 g/mol. The molecule has 2 aromatic rings. The molecule has 208 valence electrons. The molecule has 0 bridgehead atoms. The lowest BCUT2D eigenvalue weighted by atomic mass is 9.92. The van der Waals surface area contributed by atoms with Crippen LogP contribution in [-0.2, 0) is 31.1 Å². The van der Waals surface area contributed by atoms with Crippen LogP contribution in [0.25, 0.3) is 11.3 Å². The van der Waals surface area contributed by atoms with E-state index in [1.165, 1.54) is 10.5 Å². The molecule has 0 radical (unpaired) electrons. The molecule has 2 aliphatic heterocycles. The van der Waals surface area contributed by atoms with Crippen LogP contribution >= 0.6 is 11.6 Å². The number of aromatic nitrogens is 2. The van der Waals surface area contributed by atoms with Gasteiger partial charge in [-0.05, 0) is 63.6 Å². The molecule has 2 fully saturated rings. The second-order valence-electron chi connectivity index (χ2n) is 10.5. The number of pyridine rings is 2. The third-order valence-corrected chi connectivity index (χ3v) is 11.6. The number of sulfonamides is 1. The van der Waals surface area contributed by atoms with Gasteiger partial charge in [0.1, 0.15) is 21.4 Å². The number of carbonyl (C=O) groups is 1. The summed E-state index contributed by atoms with van der Waals surface area (Å²) in [6, 6.07) is 7.32. The van der Waals surface area contributed by atoms with Gasteiger partial charge in [0.15, 0.2) is 0 Å². The maximum absolute atomic E-state index is 13.1. The van der Waals surface area contributed by atoms with Gasteiger partial charge in [-0.3, -0.25) is 9.78 Å². The van der Waals surface area contributed by atoms with E-state index in [2.05, 4.69) is 15.3 Å². The van der Waals surface area contributed by atoms with Crippen molar-refractivity contribution in [1.82, 2.24) is 14.3 Å². The highest BCUT2D eigenvalue weighted by Crippen LogP contribution is 2.29. The molecule has 2 aromatic heterocycles. The Bertz CT molecular complexity index is 1370. The maximum atomic E-state index is 13.1. The maximum Gasteiger partial charge on any atom is 0.216 e. The Hall–Kier alpha value is -2.08. The van der Waals surface area contributed by atoms with Crippen molar-refractivity contribution in [2.45, 2.75) is 51.2 Å². The summed E-state index contributed by atoms with van der Waals surface area (Å²) in [6.07, 6.45) is 4.20. The lowest BCUT2D eigenvalue weighted by Gasteiger charge is -2.32. The summed E-state index contributed by atoms with van der Waals surface area (Å²) in [6.45, 7) is 4.61. The molecule has 1 N–H and O–H groups in total. The van der Waals surface area contributed by atoms with Crippen molar-refractivity contribution >= 4 is 43.1 Å². The SMILES string of the molecule is CC(C)S(=O)(=O)N1CCC[C@H](C(=O)Cc2cc(-c3cccc(NCC4CCS(=O)(=O)CC4)n3)c(Cl)cn2)C1. The third-order valence-electron chi connectivity index (χ3n) is 7.33. The van der Waals surface area contributed by atoms with Gasteiger partial charge >= 0.3 is 0 Å². The average Bonchev–Trinajstić information content (AvgIpc) is 2.89. The number of halogens is 1. The molecule has 38 heavy (non-hydrogen) atoms. The second kappa shape index (κ2) is 12.0. The summed E-state index contributed by atoms with van der Waals surface area (Å²) >= 11 is 6.45. The average molecular weight is 583 g/mol. The van der Waals surface area contributed by atoms with E-state index in [0.29, 0.717) is 66.6 Å². The minimum absolute atomic E-state index is 0.0349. The Kier molecular flexibility index (Phi) is 9.11. The van der Waals surface area contributed by atoms with Gasteiger partial charge in [0.25, 0.3) is 0 Å². The number of piperidine rings is 1. The molecule has 0 aliphatic carbocycles. The number of nitrogens with zero attached hydrogens (tertiary/aromatic N) is 3. The second-order valence-corrected chi connectivity index (χ2v) is 15.7. The number of carbonyl (C=O) groups excluding carboxylic acids is 1. The number of anilines is 1. The van der Waals surface area contributed by atoms with Gasteiger partial charge < -0.3 is 5.32 Å². The Labute approximate surface area is 230 Å². The van der Waals surface area contributed by atoms with Crippen molar-refractivity contribution in [3.05, 3.63) is 41.2 Å². The normalized spacial score (nSPS) is 20.9. The fraction of sp³-hybridized carbons (Fsp3) is 0.577. The van der Waals surface area contributed by atoms with Crippen molar-refractivity contribution in [2.75, 3.05) is 36.5 Å². The van der Waals surface area contributed by atoms with Crippen molar-refractivity contribution in [3.63, 3.8) is 0 Å². The van der Waals surface area contributed by atoms with Crippen LogP contribution < -0.4 is 5.32 Å². The van der Waals surface area contributed by atoms with Crippen LogP contribution in [-0.4, -0.2) is 73.3 Å². The molecule has 9 nitrogen and oxygen atoms in total. The first kappa shape index (κ1) is 28.9. The number of sulfone groups is 1. The fourth-order valence-corrected chi connectivity index (χ4v) is 8.06. The van der Waals surface area contributed by atoms with E-state index in [1.807, 2.05) is 18.2 Å². The Morgan fingerprint density at radius 3 is 2.66 bits per heavy atom. The smallest absolute Gasteiger partial charge is 0.216 e. The topological polar surface area (TPSA) is 126 Å². The van der Waals surface area contributed by atoms with E-state index in [0.717, 1.165) is 0 Å². The molecule has 0 amide bonds. The van der Waals surface area contributed by atoms with Crippen molar-refractivity contribution in [3.8, 4) is 11.3 Å². The zero-order chi connectivity index (χ0) is 27.5. The lowest BCUT2D eigenvalue weighted by Crippen LogP contribution is -2.45. The fourth-order valence-electron chi connectivity index (χ4n) is 4.91. The van der Waals surface area contributed by atoms with Crippen LogP contribution in [0.4, 0.5) is 5.82 Å². The highest BCUT2D eigenvalue weighted by Gasteiger charge is 2.34. The molecule has 0 unspecified atom stereocenters. The third kappa shape index (κ3) is 7.11. The number of ketones is 1. The minimum Gasteiger partial charge on any atom is -0.370 e. The summed E-state index contributed by atoms with van der Waals surface area (Å²) in [5, 5.41) is 3.21. The molecular formula is C26H35ClN4O5S2. The lowest BCUT2D eigenvalue weighted by molar-refractivity contribution is -0.123. The first-order valence-electron chi connectivity index (χ1n) is 13.0. The van der Waals surface area contributed by atoms with Crippen LogP contribution in [0, 0.1) is 11.8 Å². The van der Waals surface area contributed by atoms with Crippen molar-refractivity contribution in [1.29, 1.82) is 0 Å². The van der Waals surface area contributed by atoms with E-state index in [-0.39, 0.29) is 42.1 Å². The summed E-state index contributed by atoms with van der Waals surface area (Å²) in [7, 11) is -6.30. The van der Waals surface area contributed by atoms with Gasteiger partial charge in [-0.15, -0.1) is 0 Å². The summed E-state index contributed by atoms with van der Waals surface area (Å²) < 4.78 is 50.0. The standard InChI is InChI=1S/C26H35ClN4O5S2/c1-18(2)38(35,36)31-10-4-5-20(17-31)25(32)14-21-13-22(23(27)16-28-21)24-6-3-7-26(30-24)29-15-19-8-11-37(33,34)12-9-19/h3,6-7,13,16,18-20H,4-5,8-12,14-15,17H2,1-2H3,(H,29,30)/t20-/m0/s1. The zero-order valence-electron chi connectivity index (χ0n) is 21.8. The molecule has 0 saturated carbocycles. The zero-order valence-corrected chi connectivity index (χ0v) is 24.2. The van der Waals surface area contributed by atoms with Gasteiger partial charge in [-0.2, -0.15) is 0 Å². The number of Topliss-reactive ketones (excluding diaryl/α,β-unsaturated/α-hetero) is 1. The van der Waals surface area contributed by atoms with E-state index >= 15 is 0 Å². The van der Waals surface area contributed by atoms with Crippen LogP contribution in [0.2, 0.25) is 5.02 Å². The monoisotopic (exact) mass is 582 g/mol. The molecule has 2 saturated heterocycles. The van der Waals surface area contributed by atoms with Crippen LogP contribution in [0.15, 0.2) is 30.5 Å². The van der Waals surface area contributed by atoms with Gasteiger partial charge in [0.05, 0.1) is 27.5 Å². The van der Waals surface area contributed by atoms with Crippen LogP contribution in [0.5, 0.6) is 0 Å². The first-order valence-corrected chi connectivity index (χ1v) is 16.7. The van der Waals surface area contributed by atoms with E-state index in [9.17, 15) is 21.6 Å². The van der Waals surface area contributed by atoms with Gasteiger partial charge in [0.2, 0.25) is 10.0 Å². The quantitative estimate of drug-likeness (QED) is 0.475. The van der Waals surface area contributed by atoms with E-state index in [1.54, 1.807) is 19.9 Å². The minimum atomic E-state index is -3.40. The summed E-state index contributed by atoms with van der Waals surface area (Å²) in [5.41, 5.74) is 1.85. The Morgan fingerprint density at radius 1 is 1.21 bits per heavy atom. The predicted octanol–water partition coefficient (Wildman–Crippen LogP) is 3.60. The van der Waals surface area contributed by atoms with E-state index in [4.69, 9.17) is 11.6 Å². The largest absolute Gasteiger partial charge is 0.370 e. The van der Waals surface area contributed by atoms with Crippen LogP contribution in [0.1, 0.15) is 45.2 Å². The predicted molar refractivity (Wildman–Crippen MR) is 149 cm³/mol. The highest BCUT2D eigenvalue weighted by molar-refractivity contribution is 7.91. The Balaban J connectivity index is 1.42. The molecule has 4 heterocycles. The molecule has 0 spiro atoms. The summed E-state index contributed by atoms with van der Waals surface area (Å²) in [5.74, 6) is 0.999. The number of nitrogens with one attached hydrogen (secondary N) is 1. The molecule has 2 aliphatic rings. The van der Waals surface area contributed by atoms with Gasteiger partial charge in [-0.1, -0.05) is 17.7 Å². The highest BCUT2D eigenvalue weighted by atomic mass is 35.5. The first-order chi connectivity index (χ1) is 17.9. The number of hydrogen-bond acceptors (Lipinski definition) is 8. The van der Waals surface area contributed by atoms with Gasteiger partial charge in [0, 0.05) is 49.4 Å². The number of hydrogen-bond donors (Lipinski definition) is 1.